The van der Waals surface area contributed by atoms with Crippen LogP contribution in [0.1, 0.15) is 22.7 Å². The quantitative estimate of drug-likeness (QED) is 0.302. The van der Waals surface area contributed by atoms with Crippen molar-refractivity contribution < 1.29 is 24.5 Å². The van der Waals surface area contributed by atoms with E-state index >= 15 is 0 Å². The van der Waals surface area contributed by atoms with Gasteiger partial charge < -0.3 is 14.9 Å². The van der Waals surface area contributed by atoms with Gasteiger partial charge in [0.2, 0.25) is 0 Å². The third-order valence-corrected chi connectivity index (χ3v) is 6.16. The van der Waals surface area contributed by atoms with Gasteiger partial charge in [-0.3, -0.25) is 14.5 Å². The minimum Gasteiger partial charge on any atom is -0.508 e. The molecular weight excluding hydrogens is 465 g/mol. The van der Waals surface area contributed by atoms with Crippen molar-refractivity contribution in [2.75, 3.05) is 11.5 Å². The lowest BCUT2D eigenvalue weighted by molar-refractivity contribution is -0.132. The summed E-state index contributed by atoms with van der Waals surface area (Å²) in [6.45, 7) is 0.544. The van der Waals surface area contributed by atoms with E-state index in [1.54, 1.807) is 30.3 Å². The van der Waals surface area contributed by atoms with Gasteiger partial charge in [0, 0.05) is 27.7 Å². The van der Waals surface area contributed by atoms with Crippen molar-refractivity contribution in [3.63, 3.8) is 0 Å². The topological polar surface area (TPSA) is 87.1 Å². The van der Waals surface area contributed by atoms with Crippen LogP contribution < -0.4 is 9.64 Å². The maximum atomic E-state index is 13.2. The van der Waals surface area contributed by atoms with Gasteiger partial charge in [0.1, 0.15) is 17.3 Å². The number of carbonyl (C=O) groups excluding carboxylic acids is 2. The Balaban J connectivity index is 1.73. The maximum absolute atomic E-state index is 13.2. The van der Waals surface area contributed by atoms with Crippen molar-refractivity contribution in [2.24, 2.45) is 0 Å². The molecule has 2 aliphatic heterocycles. The Hall–Kier alpha value is -3.48. The van der Waals surface area contributed by atoms with Crippen molar-refractivity contribution in [3.05, 3.63) is 93.0 Å². The van der Waals surface area contributed by atoms with Gasteiger partial charge in [-0.15, -0.1) is 0 Å². The summed E-state index contributed by atoms with van der Waals surface area (Å²) < 4.78 is 5.52. The van der Waals surface area contributed by atoms with Crippen LogP contribution in [0.4, 0.5) is 5.69 Å². The van der Waals surface area contributed by atoms with E-state index in [4.69, 9.17) is 27.9 Å². The minimum atomic E-state index is -1.00. The molecule has 0 saturated carbocycles. The molecule has 0 aliphatic carbocycles. The number of aliphatic hydroxyl groups is 1. The smallest absolute Gasteiger partial charge is 0.300 e. The number of phenolic OH excluding ortho intramolecular Hbond substituents is 1. The van der Waals surface area contributed by atoms with Crippen LogP contribution in [0.2, 0.25) is 10.0 Å². The summed E-state index contributed by atoms with van der Waals surface area (Å²) in [7, 11) is 0. The molecular formula is C25H17Cl2NO5. The van der Waals surface area contributed by atoms with Gasteiger partial charge in [-0.2, -0.15) is 0 Å². The second-order valence-corrected chi connectivity index (χ2v) is 8.69. The fourth-order valence-corrected chi connectivity index (χ4v) is 4.79. The van der Waals surface area contributed by atoms with E-state index in [1.165, 1.54) is 35.2 Å². The number of nitrogens with zero attached hydrogens (tertiary/aromatic N) is 1. The summed E-state index contributed by atoms with van der Waals surface area (Å²) >= 11 is 12.3. The van der Waals surface area contributed by atoms with Gasteiger partial charge >= 0.3 is 0 Å². The Morgan fingerprint density at radius 1 is 1.00 bits per heavy atom. The van der Waals surface area contributed by atoms with Crippen LogP contribution in [-0.4, -0.2) is 28.5 Å². The SMILES string of the molecule is O=C1C(=O)N(c2cc(Cl)cc(Cl)c2)C(c2cccc(O)c2)/C1=C(/O)c1ccc2c(c1)CCO2. The number of rotatable bonds is 3. The van der Waals surface area contributed by atoms with Crippen LogP contribution >= 0.6 is 23.2 Å². The molecule has 3 aromatic rings. The Labute approximate surface area is 199 Å². The third kappa shape index (κ3) is 3.71. The first-order chi connectivity index (χ1) is 15.8. The molecule has 0 aromatic heterocycles. The Morgan fingerprint density at radius 2 is 1.76 bits per heavy atom. The number of hydrogen-bond donors (Lipinski definition) is 2. The average molecular weight is 482 g/mol. The van der Waals surface area contributed by atoms with Crippen LogP contribution in [-0.2, 0) is 16.0 Å². The molecule has 8 heteroatoms. The van der Waals surface area contributed by atoms with Crippen LogP contribution in [0.25, 0.3) is 5.76 Å². The molecule has 166 valence electrons. The lowest BCUT2D eigenvalue weighted by Gasteiger charge is -2.26. The summed E-state index contributed by atoms with van der Waals surface area (Å²) in [6.07, 6.45) is 0.682. The molecule has 2 N–H and O–H groups in total. The lowest BCUT2D eigenvalue weighted by Crippen LogP contribution is -2.29. The monoisotopic (exact) mass is 481 g/mol. The fraction of sp³-hybridized carbons (Fsp3) is 0.120. The molecule has 0 spiro atoms. The number of phenols is 1. The number of anilines is 1. The minimum absolute atomic E-state index is 0.0445. The van der Waals surface area contributed by atoms with E-state index in [0.29, 0.717) is 29.8 Å². The zero-order valence-corrected chi connectivity index (χ0v) is 18.6. The normalized spacial score (nSPS) is 19.0. The standard InChI is InChI=1S/C25H17Cl2NO5/c26-16-10-17(27)12-18(11-16)28-22(14-2-1-3-19(29)9-14)21(24(31)25(28)32)23(30)15-4-5-20-13(8-15)6-7-33-20/h1-5,8-12,22,29-30H,6-7H2/b23-21-. The number of benzene rings is 3. The lowest BCUT2D eigenvalue weighted by atomic mass is 9.94. The van der Waals surface area contributed by atoms with E-state index in [1.807, 2.05) is 0 Å². The van der Waals surface area contributed by atoms with E-state index in [0.717, 1.165) is 11.3 Å². The van der Waals surface area contributed by atoms with E-state index in [-0.39, 0.29) is 27.1 Å². The highest BCUT2D eigenvalue weighted by Crippen LogP contribution is 2.44. The largest absolute Gasteiger partial charge is 0.508 e. The van der Waals surface area contributed by atoms with Gasteiger partial charge in [-0.1, -0.05) is 35.3 Å². The first-order valence-electron chi connectivity index (χ1n) is 10.2. The number of ether oxygens (including phenoxy) is 1. The average Bonchev–Trinajstić information content (AvgIpc) is 3.34. The number of aromatic hydroxyl groups is 1. The Bertz CT molecular complexity index is 1330. The predicted octanol–water partition coefficient (Wildman–Crippen LogP) is 5.26. The number of aliphatic hydroxyl groups excluding tert-OH is 1. The predicted molar refractivity (Wildman–Crippen MR) is 125 cm³/mol. The van der Waals surface area contributed by atoms with Crippen molar-refractivity contribution in [1.82, 2.24) is 0 Å². The van der Waals surface area contributed by atoms with Crippen LogP contribution in [0.15, 0.2) is 66.2 Å². The molecule has 2 aliphatic rings. The molecule has 1 saturated heterocycles. The van der Waals surface area contributed by atoms with E-state index < -0.39 is 17.7 Å². The first kappa shape index (κ1) is 21.4. The number of halogens is 2. The number of ketones is 1. The zero-order chi connectivity index (χ0) is 23.3. The molecule has 1 atom stereocenters. The Morgan fingerprint density at radius 3 is 2.48 bits per heavy atom. The maximum Gasteiger partial charge on any atom is 0.300 e. The van der Waals surface area contributed by atoms with Crippen molar-refractivity contribution in [1.29, 1.82) is 0 Å². The molecule has 1 fully saturated rings. The number of hydrogen-bond acceptors (Lipinski definition) is 5. The summed E-state index contributed by atoms with van der Waals surface area (Å²) in [5.41, 5.74) is 1.94. The number of carbonyl (C=O) groups is 2. The van der Waals surface area contributed by atoms with Gasteiger partial charge in [-0.25, -0.2) is 0 Å². The molecule has 1 unspecified atom stereocenters. The Kier molecular flexibility index (Phi) is 5.27. The summed E-state index contributed by atoms with van der Waals surface area (Å²) in [5.74, 6) is -1.32. The highest BCUT2D eigenvalue weighted by Gasteiger charge is 2.47. The second kappa shape index (κ2) is 8.14. The van der Waals surface area contributed by atoms with Gasteiger partial charge in [0.15, 0.2) is 0 Å². The summed E-state index contributed by atoms with van der Waals surface area (Å²) in [5, 5.41) is 21.9. The molecule has 1 amide bonds. The molecule has 3 aromatic carbocycles. The van der Waals surface area contributed by atoms with Gasteiger partial charge in [0.25, 0.3) is 11.7 Å². The molecule has 5 rings (SSSR count). The number of Topliss-reactive ketones (excluding diaryl/α,β-unsaturated/α-hetero) is 1. The number of fused-ring (bicyclic) bond motifs is 1. The van der Waals surface area contributed by atoms with E-state index in [2.05, 4.69) is 0 Å². The van der Waals surface area contributed by atoms with Gasteiger partial charge in [-0.05, 0) is 59.7 Å². The molecule has 0 radical (unpaired) electrons. The number of amides is 1. The second-order valence-electron chi connectivity index (χ2n) is 7.81. The molecule has 33 heavy (non-hydrogen) atoms. The van der Waals surface area contributed by atoms with Crippen molar-refractivity contribution in [2.45, 2.75) is 12.5 Å². The van der Waals surface area contributed by atoms with Crippen LogP contribution in [0, 0.1) is 0 Å². The van der Waals surface area contributed by atoms with Gasteiger partial charge in [0.05, 0.1) is 18.2 Å². The third-order valence-electron chi connectivity index (χ3n) is 5.72. The first-order valence-corrected chi connectivity index (χ1v) is 10.9. The van der Waals surface area contributed by atoms with Crippen LogP contribution in [0.5, 0.6) is 11.5 Å². The highest BCUT2D eigenvalue weighted by molar-refractivity contribution is 6.52. The molecule has 2 heterocycles. The highest BCUT2D eigenvalue weighted by atomic mass is 35.5. The zero-order valence-electron chi connectivity index (χ0n) is 17.1. The summed E-state index contributed by atoms with van der Waals surface area (Å²) in [4.78, 5) is 27.6. The fourth-order valence-electron chi connectivity index (χ4n) is 4.28. The van der Waals surface area contributed by atoms with Crippen molar-refractivity contribution in [3.8, 4) is 11.5 Å². The molecule has 0 bridgehead atoms. The summed E-state index contributed by atoms with van der Waals surface area (Å²) in [6, 6.07) is 14.8. The van der Waals surface area contributed by atoms with E-state index in [9.17, 15) is 19.8 Å². The van der Waals surface area contributed by atoms with Crippen molar-refractivity contribution >= 4 is 46.3 Å². The van der Waals surface area contributed by atoms with Crippen LogP contribution in [0.3, 0.4) is 0 Å². The molecule has 6 nitrogen and oxygen atoms in total.